The van der Waals surface area contributed by atoms with Crippen molar-refractivity contribution in [3.05, 3.63) is 72.3 Å². The maximum Gasteiger partial charge on any atom is 0.256 e. The number of aromatic nitrogens is 4. The summed E-state index contributed by atoms with van der Waals surface area (Å²) in [6.07, 6.45) is 5.82. The number of hydrogen-bond donors (Lipinski definition) is 1. The number of nitrogens with one attached hydrogen (secondary N) is 1. The maximum atomic E-state index is 14.6. The molecule has 0 spiro atoms. The van der Waals surface area contributed by atoms with Gasteiger partial charge in [0.15, 0.2) is 17.5 Å². The van der Waals surface area contributed by atoms with Crippen LogP contribution >= 0.6 is 0 Å². The number of piperidine rings is 1. The first-order chi connectivity index (χ1) is 20.7. The van der Waals surface area contributed by atoms with Gasteiger partial charge < -0.3 is 15.0 Å². The average molecular weight is 596 g/mol. The molecule has 9 nitrogen and oxygen atoms in total. The molecule has 3 fully saturated rings. The first-order valence-electron chi connectivity index (χ1n) is 14.0. The molecule has 4 heterocycles. The van der Waals surface area contributed by atoms with E-state index in [1.807, 2.05) is 30.3 Å². The molecule has 2 aromatic carbocycles. The van der Waals surface area contributed by atoms with Gasteiger partial charge in [0, 0.05) is 79.1 Å². The number of ether oxygens (including phenoxy) is 1. The smallest absolute Gasteiger partial charge is 0.256 e. The molecule has 2 aromatic heterocycles. The van der Waals surface area contributed by atoms with Gasteiger partial charge in [0.25, 0.3) is 5.92 Å². The molecule has 13 heteroatoms. The van der Waals surface area contributed by atoms with Crippen molar-refractivity contribution in [1.82, 2.24) is 19.7 Å². The van der Waals surface area contributed by atoms with Crippen LogP contribution in [0.1, 0.15) is 24.4 Å². The summed E-state index contributed by atoms with van der Waals surface area (Å²) in [7, 11) is 3.35. The van der Waals surface area contributed by atoms with Crippen molar-refractivity contribution >= 4 is 23.0 Å². The molecule has 0 bridgehead atoms. The number of hydrogen-bond acceptors (Lipinski definition) is 8. The van der Waals surface area contributed by atoms with Crippen LogP contribution in [0.4, 0.5) is 40.6 Å². The number of methoxy groups -OCH3 is 1. The summed E-state index contributed by atoms with van der Waals surface area (Å²) >= 11 is 0. The van der Waals surface area contributed by atoms with Crippen LogP contribution in [-0.2, 0) is 11.9 Å². The number of nitrogens with zero attached hydrogens (tertiary/aromatic N) is 6. The number of anilines is 4. The van der Waals surface area contributed by atoms with Gasteiger partial charge in [-0.25, -0.2) is 32.6 Å². The lowest BCUT2D eigenvalue weighted by atomic mass is 10.0. The second-order valence-electron chi connectivity index (χ2n) is 11.1. The molecular weight excluding hydrogens is 566 g/mol. The largest absolute Gasteiger partial charge is 0.494 e. The Morgan fingerprint density at radius 1 is 1.09 bits per heavy atom. The van der Waals surface area contributed by atoms with Crippen molar-refractivity contribution in [3.63, 3.8) is 0 Å². The number of alkyl halides is 2. The zero-order chi connectivity index (χ0) is 29.9. The van der Waals surface area contributed by atoms with Gasteiger partial charge >= 0.3 is 0 Å². The Morgan fingerprint density at radius 3 is 2.72 bits per heavy atom. The van der Waals surface area contributed by atoms with E-state index in [0.29, 0.717) is 49.1 Å². The van der Waals surface area contributed by atoms with E-state index in [0.717, 1.165) is 22.9 Å². The monoisotopic (exact) mass is 595 g/mol. The molecule has 2 unspecified atom stereocenters. The van der Waals surface area contributed by atoms with Gasteiger partial charge in [-0.3, -0.25) is 9.52 Å². The second kappa shape index (κ2) is 10.4. The maximum absolute atomic E-state index is 14.6. The van der Waals surface area contributed by atoms with Gasteiger partial charge in [0.1, 0.15) is 17.9 Å². The molecule has 1 N–H and O–H groups in total. The predicted molar refractivity (Wildman–Crippen MR) is 151 cm³/mol. The minimum absolute atomic E-state index is 0.178. The molecule has 3 aliphatic rings. The van der Waals surface area contributed by atoms with Crippen LogP contribution in [0.15, 0.2) is 55.1 Å². The minimum atomic E-state index is -2.61. The van der Waals surface area contributed by atoms with Gasteiger partial charge in [-0.15, -0.1) is 0 Å². The van der Waals surface area contributed by atoms with Gasteiger partial charge in [0.2, 0.25) is 0 Å². The highest BCUT2D eigenvalue weighted by molar-refractivity contribution is 5.85. The zero-order valence-corrected chi connectivity index (χ0v) is 23.5. The summed E-state index contributed by atoms with van der Waals surface area (Å²) in [4.78, 5) is 16.4. The molecule has 2 saturated heterocycles. The van der Waals surface area contributed by atoms with Crippen LogP contribution in [0.2, 0.25) is 0 Å². The van der Waals surface area contributed by atoms with Crippen molar-refractivity contribution in [2.45, 2.75) is 24.8 Å². The van der Waals surface area contributed by atoms with Gasteiger partial charge in [-0.1, -0.05) is 12.1 Å². The highest BCUT2D eigenvalue weighted by Crippen LogP contribution is 2.60. The van der Waals surface area contributed by atoms with E-state index in [9.17, 15) is 17.6 Å². The Morgan fingerprint density at radius 2 is 1.95 bits per heavy atom. The number of hydroxylamine groups is 1. The third-order valence-corrected chi connectivity index (χ3v) is 8.55. The summed E-state index contributed by atoms with van der Waals surface area (Å²) in [5, 5.41) is 9.06. The highest BCUT2D eigenvalue weighted by atomic mass is 19.3. The Hall–Kier alpha value is -4.39. The lowest BCUT2D eigenvalue weighted by molar-refractivity contribution is 0.0870. The average Bonchev–Trinajstić information content (AvgIpc) is 3.39. The fourth-order valence-electron chi connectivity index (χ4n) is 6.26. The van der Waals surface area contributed by atoms with E-state index < -0.39 is 35.4 Å². The van der Waals surface area contributed by atoms with Crippen LogP contribution in [0.5, 0.6) is 5.75 Å². The zero-order valence-electron chi connectivity index (χ0n) is 23.5. The number of fused-ring (bicyclic) bond motifs is 1. The third kappa shape index (κ3) is 4.81. The normalized spacial score (nSPS) is 22.4. The molecule has 4 aromatic rings. The van der Waals surface area contributed by atoms with Gasteiger partial charge in [-0.05, 0) is 18.6 Å². The third-order valence-electron chi connectivity index (χ3n) is 8.55. The van der Waals surface area contributed by atoms with E-state index in [1.165, 1.54) is 30.6 Å². The van der Waals surface area contributed by atoms with Crippen LogP contribution in [0.3, 0.4) is 0 Å². The molecule has 43 heavy (non-hydrogen) atoms. The summed E-state index contributed by atoms with van der Waals surface area (Å²) < 4.78 is 64.5. The molecule has 1 aliphatic carbocycles. The topological polar surface area (TPSA) is 80.6 Å². The SMILES string of the molecule is COc1cc(N2CCC3C(C2)C3(F)F)c(-c2cnn(C)c2)cc1Nc1cc(N2OCC[C@@H]2c2cccc(F)c2F)ncn1. The number of aryl methyl sites for hydroxylation is 1. The summed E-state index contributed by atoms with van der Waals surface area (Å²) in [5.74, 6) is -4.40. The first-order valence-corrected chi connectivity index (χ1v) is 14.0. The van der Waals surface area contributed by atoms with Crippen LogP contribution < -0.4 is 20.0 Å². The van der Waals surface area contributed by atoms with E-state index in [-0.39, 0.29) is 12.1 Å². The number of rotatable bonds is 7. The van der Waals surface area contributed by atoms with Crippen LogP contribution in [0.25, 0.3) is 11.1 Å². The van der Waals surface area contributed by atoms with E-state index >= 15 is 0 Å². The van der Waals surface area contributed by atoms with E-state index in [1.54, 1.807) is 16.9 Å². The summed E-state index contributed by atoms with van der Waals surface area (Å²) in [6.45, 7) is 1.08. The summed E-state index contributed by atoms with van der Waals surface area (Å²) in [6, 6.07) is 8.88. The number of halogens is 4. The predicted octanol–water partition coefficient (Wildman–Crippen LogP) is 5.88. The lowest BCUT2D eigenvalue weighted by Crippen LogP contribution is -2.31. The van der Waals surface area contributed by atoms with Crippen LogP contribution in [0, 0.1) is 23.5 Å². The molecular formula is C30H29F4N7O2. The van der Waals surface area contributed by atoms with Gasteiger partial charge in [-0.2, -0.15) is 5.10 Å². The lowest BCUT2D eigenvalue weighted by Gasteiger charge is -2.30. The molecule has 224 valence electrons. The fraction of sp³-hybridized carbons (Fsp3) is 0.367. The molecule has 7 rings (SSSR count). The molecule has 0 radical (unpaired) electrons. The van der Waals surface area contributed by atoms with Gasteiger partial charge in [0.05, 0.1) is 31.6 Å². The summed E-state index contributed by atoms with van der Waals surface area (Å²) in [5.41, 5.74) is 3.16. The number of benzene rings is 2. The Labute approximate surface area is 245 Å². The van der Waals surface area contributed by atoms with Crippen LogP contribution in [-0.4, -0.2) is 52.5 Å². The minimum Gasteiger partial charge on any atom is -0.494 e. The Balaban J connectivity index is 1.21. The van der Waals surface area contributed by atoms with Crippen molar-refractivity contribution < 1.29 is 27.1 Å². The van der Waals surface area contributed by atoms with Crippen molar-refractivity contribution in [3.8, 4) is 16.9 Å². The van der Waals surface area contributed by atoms with Crippen molar-refractivity contribution in [1.29, 1.82) is 0 Å². The Bertz CT molecular complexity index is 1680. The van der Waals surface area contributed by atoms with E-state index in [4.69, 9.17) is 9.57 Å². The van der Waals surface area contributed by atoms with Crippen molar-refractivity contribution in [2.24, 2.45) is 18.9 Å². The molecule has 2 aliphatic heterocycles. The van der Waals surface area contributed by atoms with Crippen molar-refractivity contribution in [2.75, 3.05) is 42.1 Å². The first kappa shape index (κ1) is 27.4. The Kier molecular flexibility index (Phi) is 6.64. The van der Waals surface area contributed by atoms with E-state index in [2.05, 4.69) is 20.4 Å². The highest BCUT2D eigenvalue weighted by Gasteiger charge is 2.69. The fourth-order valence-corrected chi connectivity index (χ4v) is 6.26. The quantitative estimate of drug-likeness (QED) is 0.266. The standard InChI is InChI=1S/C30H29F4N7O2/c1-39-14-17(13-37-39)19-10-23(26(42-2)11-25(19)40-8-6-20-21(15-40)30(20,33)34)38-27-12-28(36-16-35-27)41-24(7-9-43-41)18-4-3-5-22(31)29(18)32/h3-5,10-14,16,20-21,24H,6-9,15H2,1-2H3,(H,35,36,38)/t20?,21?,24-/m1/s1. The second-order valence-corrected chi connectivity index (χ2v) is 11.1. The molecule has 0 amide bonds. The molecule has 3 atom stereocenters. The molecule has 1 saturated carbocycles.